The number of anilines is 1. The second-order valence-electron chi connectivity index (χ2n) is 6.02. The Labute approximate surface area is 167 Å². The molecule has 2 amide bonds. The summed E-state index contributed by atoms with van der Waals surface area (Å²) < 4.78 is 34.2. The van der Waals surface area contributed by atoms with Crippen LogP contribution in [0.1, 0.15) is 13.3 Å². The third-order valence-corrected chi connectivity index (χ3v) is 6.45. The quantitative estimate of drug-likeness (QED) is 0.573. The molecule has 1 fully saturated rings. The van der Waals surface area contributed by atoms with Crippen molar-refractivity contribution in [2.75, 3.05) is 11.5 Å². The first-order valence-electron chi connectivity index (χ1n) is 8.48. The van der Waals surface area contributed by atoms with E-state index in [-0.39, 0.29) is 12.1 Å². The number of amides is 2. The van der Waals surface area contributed by atoms with Crippen LogP contribution in [0.15, 0.2) is 40.7 Å². The van der Waals surface area contributed by atoms with Crippen molar-refractivity contribution in [2.45, 2.75) is 22.9 Å². The Hall–Kier alpha value is -2.52. The molecule has 9 heteroatoms. The van der Waals surface area contributed by atoms with Gasteiger partial charge in [-0.25, -0.2) is 18.7 Å². The molecule has 1 atom stereocenters. The third kappa shape index (κ3) is 3.47. The molecule has 1 aromatic heterocycles. The molecule has 1 saturated heterocycles. The van der Waals surface area contributed by atoms with Crippen LogP contribution in [0.25, 0.3) is 10.2 Å². The molecule has 3 aromatic rings. The van der Waals surface area contributed by atoms with Crippen LogP contribution in [0.2, 0.25) is 0 Å². The van der Waals surface area contributed by atoms with Crippen molar-refractivity contribution in [2.24, 2.45) is 0 Å². The zero-order valence-electron chi connectivity index (χ0n) is 14.6. The maximum absolute atomic E-state index is 14.0. The number of hydrogen-bond acceptors (Lipinski definition) is 6. The van der Waals surface area contributed by atoms with E-state index in [4.69, 9.17) is 4.74 Å². The minimum absolute atomic E-state index is 0.0690. The van der Waals surface area contributed by atoms with Gasteiger partial charge in [0, 0.05) is 12.5 Å². The van der Waals surface area contributed by atoms with Crippen LogP contribution < -0.4 is 9.64 Å². The standard InChI is InChI=1S/C19H14F2N2O3S2/c1-2-26-11-4-5-13-15(8-11)27-19(22-13)28-16-9-17(24)23(18(16)25)14-6-3-10(20)7-12(14)21/h3-8,16H,2,9H2,1H3/t16-/m0/s1. The number of nitrogens with zero attached hydrogens (tertiary/aromatic N) is 2. The molecular weight excluding hydrogens is 406 g/mol. The van der Waals surface area contributed by atoms with E-state index >= 15 is 0 Å². The molecule has 144 valence electrons. The van der Waals surface area contributed by atoms with Gasteiger partial charge in [0.25, 0.3) is 0 Å². The number of fused-ring (bicyclic) bond motifs is 1. The first kappa shape index (κ1) is 18.8. The molecule has 28 heavy (non-hydrogen) atoms. The lowest BCUT2D eigenvalue weighted by atomic mass is 10.2. The molecule has 0 N–H and O–H groups in total. The van der Waals surface area contributed by atoms with Crippen molar-refractivity contribution >= 4 is 50.8 Å². The van der Waals surface area contributed by atoms with E-state index in [2.05, 4.69) is 4.98 Å². The molecule has 5 nitrogen and oxygen atoms in total. The van der Waals surface area contributed by atoms with Crippen LogP contribution in [-0.4, -0.2) is 28.7 Å². The van der Waals surface area contributed by atoms with Gasteiger partial charge in [0.15, 0.2) is 4.34 Å². The normalized spacial score (nSPS) is 17.0. The predicted molar refractivity (Wildman–Crippen MR) is 104 cm³/mol. The van der Waals surface area contributed by atoms with Gasteiger partial charge < -0.3 is 4.74 Å². The predicted octanol–water partition coefficient (Wildman–Crippen LogP) is 4.40. The molecule has 0 aliphatic carbocycles. The number of carbonyl (C=O) groups is 2. The number of hydrogen-bond donors (Lipinski definition) is 0. The summed E-state index contributed by atoms with van der Waals surface area (Å²) in [6, 6.07) is 8.30. The largest absolute Gasteiger partial charge is 0.494 e. The summed E-state index contributed by atoms with van der Waals surface area (Å²) in [7, 11) is 0. The lowest BCUT2D eigenvalue weighted by Gasteiger charge is -2.15. The average Bonchev–Trinajstić information content (AvgIpc) is 3.16. The fourth-order valence-electron chi connectivity index (χ4n) is 2.92. The van der Waals surface area contributed by atoms with Gasteiger partial charge in [-0.3, -0.25) is 9.59 Å². The summed E-state index contributed by atoms with van der Waals surface area (Å²) >= 11 is 2.57. The monoisotopic (exact) mass is 420 g/mol. The molecule has 0 bridgehead atoms. The van der Waals surface area contributed by atoms with Crippen LogP contribution in [0.3, 0.4) is 0 Å². The van der Waals surface area contributed by atoms with Crippen molar-refractivity contribution in [3.8, 4) is 5.75 Å². The lowest BCUT2D eigenvalue weighted by molar-refractivity contribution is -0.121. The minimum Gasteiger partial charge on any atom is -0.494 e. The van der Waals surface area contributed by atoms with Gasteiger partial charge in [-0.15, -0.1) is 11.3 Å². The third-order valence-electron chi connectivity index (χ3n) is 4.15. The highest BCUT2D eigenvalue weighted by molar-refractivity contribution is 8.02. The number of rotatable bonds is 5. The Morgan fingerprint density at radius 2 is 2.07 bits per heavy atom. The highest BCUT2D eigenvalue weighted by Gasteiger charge is 2.41. The summed E-state index contributed by atoms with van der Waals surface area (Å²) in [5, 5.41) is -0.705. The molecular formula is C19H14F2N2O3S2. The van der Waals surface area contributed by atoms with Gasteiger partial charge in [0.1, 0.15) is 22.6 Å². The smallest absolute Gasteiger partial charge is 0.247 e. The average molecular weight is 420 g/mol. The molecule has 2 heterocycles. The van der Waals surface area contributed by atoms with E-state index in [1.165, 1.54) is 23.1 Å². The minimum atomic E-state index is -0.948. The summed E-state index contributed by atoms with van der Waals surface area (Å²) in [6.07, 6.45) is -0.0690. The topological polar surface area (TPSA) is 59.5 Å². The number of ether oxygens (including phenoxy) is 1. The fraction of sp³-hybridized carbons (Fsp3) is 0.211. The van der Waals surface area contributed by atoms with Crippen molar-refractivity contribution in [3.63, 3.8) is 0 Å². The second-order valence-corrected chi connectivity index (χ2v) is 8.50. The van der Waals surface area contributed by atoms with Gasteiger partial charge in [0.2, 0.25) is 11.8 Å². The lowest BCUT2D eigenvalue weighted by Crippen LogP contribution is -2.31. The van der Waals surface area contributed by atoms with Crippen LogP contribution in [0.4, 0.5) is 14.5 Å². The number of thioether (sulfide) groups is 1. The van der Waals surface area contributed by atoms with Gasteiger partial charge in [0.05, 0.1) is 22.5 Å². The fourth-order valence-corrected chi connectivity index (χ4v) is 5.29. The Balaban J connectivity index is 1.56. The van der Waals surface area contributed by atoms with Crippen molar-refractivity contribution in [3.05, 3.63) is 48.0 Å². The van der Waals surface area contributed by atoms with Crippen LogP contribution in [0.5, 0.6) is 5.75 Å². The van der Waals surface area contributed by atoms with E-state index in [1.807, 2.05) is 25.1 Å². The number of halogens is 2. The van der Waals surface area contributed by atoms with E-state index in [0.717, 1.165) is 33.0 Å². The van der Waals surface area contributed by atoms with E-state index < -0.39 is 28.7 Å². The SMILES string of the molecule is CCOc1ccc2nc(S[C@H]3CC(=O)N(c4ccc(F)cc4F)C3=O)sc2c1. The van der Waals surface area contributed by atoms with Crippen LogP contribution in [-0.2, 0) is 9.59 Å². The number of aromatic nitrogens is 1. The highest BCUT2D eigenvalue weighted by Crippen LogP contribution is 2.38. The van der Waals surface area contributed by atoms with E-state index in [1.54, 1.807) is 0 Å². The Morgan fingerprint density at radius 3 is 2.82 bits per heavy atom. The summed E-state index contributed by atoms with van der Waals surface area (Å²) in [6.45, 7) is 2.46. The van der Waals surface area contributed by atoms with Crippen LogP contribution >= 0.6 is 23.1 Å². The first-order valence-corrected chi connectivity index (χ1v) is 10.2. The zero-order chi connectivity index (χ0) is 19.8. The molecule has 1 aliphatic rings. The second kappa shape index (κ2) is 7.48. The highest BCUT2D eigenvalue weighted by atomic mass is 32.2. The van der Waals surface area contributed by atoms with E-state index in [0.29, 0.717) is 17.0 Å². The van der Waals surface area contributed by atoms with E-state index in [9.17, 15) is 18.4 Å². The Kier molecular flexibility index (Phi) is 5.03. The number of benzene rings is 2. The number of imide groups is 1. The maximum Gasteiger partial charge on any atom is 0.247 e. The molecule has 0 radical (unpaired) electrons. The Morgan fingerprint density at radius 1 is 1.25 bits per heavy atom. The molecule has 4 rings (SSSR count). The summed E-state index contributed by atoms with van der Waals surface area (Å²) in [5.41, 5.74) is 0.541. The zero-order valence-corrected chi connectivity index (χ0v) is 16.3. The molecule has 0 unspecified atom stereocenters. The molecule has 2 aromatic carbocycles. The van der Waals surface area contributed by atoms with Gasteiger partial charge >= 0.3 is 0 Å². The maximum atomic E-state index is 14.0. The number of thiazole rings is 1. The van der Waals surface area contributed by atoms with Gasteiger partial charge in [-0.1, -0.05) is 11.8 Å². The molecule has 1 aliphatic heterocycles. The number of carbonyl (C=O) groups excluding carboxylic acids is 2. The van der Waals surface area contributed by atoms with Crippen molar-refractivity contribution in [1.82, 2.24) is 4.98 Å². The van der Waals surface area contributed by atoms with Crippen molar-refractivity contribution in [1.29, 1.82) is 0 Å². The van der Waals surface area contributed by atoms with Gasteiger partial charge in [-0.2, -0.15) is 0 Å². The summed E-state index contributed by atoms with van der Waals surface area (Å²) in [5.74, 6) is -2.04. The first-order chi connectivity index (χ1) is 13.5. The van der Waals surface area contributed by atoms with Gasteiger partial charge in [-0.05, 0) is 37.3 Å². The Bertz CT molecular complexity index is 1090. The molecule has 0 saturated carbocycles. The van der Waals surface area contributed by atoms with Crippen molar-refractivity contribution < 1.29 is 23.1 Å². The van der Waals surface area contributed by atoms with Crippen LogP contribution in [0, 0.1) is 11.6 Å². The summed E-state index contributed by atoms with van der Waals surface area (Å²) in [4.78, 5) is 30.3. The molecule has 0 spiro atoms.